The minimum atomic E-state index is -0.884. The van der Waals surface area contributed by atoms with Crippen molar-refractivity contribution >= 4 is 5.97 Å². The average Bonchev–Trinajstić information content (AvgIpc) is 3.21. The first kappa shape index (κ1) is 22.5. The number of rotatable bonds is 4. The Hall–Kier alpha value is -0.830. The number of carboxylic acids is 1. The SMILES string of the molecule is CC(/C=C/[C@@H]1C[C@]1(C)c1ccc2c(c1)C(C)(C)CCC2(C)C)=C\C(=O)O.[H-].[Na+]. The minimum absolute atomic E-state index is 0. The molecule has 3 rings (SSSR count). The summed E-state index contributed by atoms with van der Waals surface area (Å²) >= 11 is 0. The minimum Gasteiger partial charge on any atom is -1.00 e. The van der Waals surface area contributed by atoms with Crippen LogP contribution in [-0.2, 0) is 21.0 Å². The van der Waals surface area contributed by atoms with Gasteiger partial charge in [-0.05, 0) is 70.6 Å². The van der Waals surface area contributed by atoms with Gasteiger partial charge >= 0.3 is 35.5 Å². The zero-order valence-corrected chi connectivity index (χ0v) is 20.0. The molecule has 1 saturated carbocycles. The largest absolute Gasteiger partial charge is 1.00 e. The maximum absolute atomic E-state index is 10.8. The maximum atomic E-state index is 10.8. The molecule has 1 aromatic carbocycles. The summed E-state index contributed by atoms with van der Waals surface area (Å²) in [5.41, 5.74) is 5.91. The molecule has 1 N–H and O–H groups in total. The summed E-state index contributed by atoms with van der Waals surface area (Å²) in [7, 11) is 0. The fourth-order valence-corrected chi connectivity index (χ4v) is 4.46. The van der Waals surface area contributed by atoms with Crippen LogP contribution in [0.3, 0.4) is 0 Å². The quantitative estimate of drug-likeness (QED) is 0.498. The molecule has 2 aliphatic rings. The second kappa shape index (κ2) is 7.54. The number of fused-ring (bicyclic) bond motifs is 1. The molecule has 27 heavy (non-hydrogen) atoms. The van der Waals surface area contributed by atoms with Gasteiger partial charge in [0.1, 0.15) is 0 Å². The molecule has 0 aromatic heterocycles. The third kappa shape index (κ3) is 4.44. The number of hydrogen-bond acceptors (Lipinski definition) is 1. The fourth-order valence-electron chi connectivity index (χ4n) is 4.46. The predicted octanol–water partition coefficient (Wildman–Crippen LogP) is 3.02. The van der Waals surface area contributed by atoms with Crippen molar-refractivity contribution in [3.05, 3.63) is 58.7 Å². The number of benzene rings is 1. The van der Waals surface area contributed by atoms with Crippen LogP contribution in [0.5, 0.6) is 0 Å². The molecule has 2 atom stereocenters. The van der Waals surface area contributed by atoms with E-state index in [0.717, 1.165) is 12.0 Å². The first-order valence-corrected chi connectivity index (χ1v) is 9.71. The monoisotopic (exact) mass is 376 g/mol. The summed E-state index contributed by atoms with van der Waals surface area (Å²) < 4.78 is 0. The molecule has 2 aliphatic carbocycles. The summed E-state index contributed by atoms with van der Waals surface area (Å²) in [5, 5.41) is 8.84. The van der Waals surface area contributed by atoms with Gasteiger partial charge in [-0.2, -0.15) is 0 Å². The van der Waals surface area contributed by atoms with Gasteiger partial charge < -0.3 is 6.53 Å². The predicted molar refractivity (Wildman–Crippen MR) is 109 cm³/mol. The van der Waals surface area contributed by atoms with Gasteiger partial charge in [-0.25, -0.2) is 4.79 Å². The molecule has 2 nitrogen and oxygen atoms in total. The molecule has 1 aromatic rings. The molecule has 0 aliphatic heterocycles. The Morgan fingerprint density at radius 1 is 1.11 bits per heavy atom. The number of carbonyl (C=O) groups is 1. The molecule has 1 fully saturated rings. The van der Waals surface area contributed by atoms with Crippen LogP contribution in [0.15, 0.2) is 42.0 Å². The van der Waals surface area contributed by atoms with E-state index >= 15 is 0 Å². The van der Waals surface area contributed by atoms with E-state index in [1.165, 1.54) is 35.6 Å². The second-order valence-corrected chi connectivity index (χ2v) is 9.84. The van der Waals surface area contributed by atoms with Crippen molar-refractivity contribution in [2.24, 2.45) is 5.92 Å². The van der Waals surface area contributed by atoms with Gasteiger partial charge in [-0.1, -0.05) is 65.0 Å². The standard InChI is InChI=1S/C24H32O2.Na.H/c1-16(13-21(25)26)7-8-18-15-24(18,6)17-9-10-19-20(14-17)23(4,5)12-11-22(19,2)3;;/h7-10,13-14,18H,11-12,15H2,1-6H3,(H,25,26);;/q;+1;-1/b8-7+,16-13+;;/t18-,24-;;/m1../s1. The van der Waals surface area contributed by atoms with E-state index in [9.17, 15) is 4.79 Å². The van der Waals surface area contributed by atoms with Crippen molar-refractivity contribution in [3.63, 3.8) is 0 Å². The fraction of sp³-hybridized carbons (Fsp3) is 0.542. The van der Waals surface area contributed by atoms with E-state index in [1.807, 2.05) is 13.0 Å². The van der Waals surface area contributed by atoms with E-state index in [-0.39, 0.29) is 47.2 Å². The molecule has 0 bridgehead atoms. The molecule has 3 heteroatoms. The summed E-state index contributed by atoms with van der Waals surface area (Å²) in [6, 6.07) is 7.16. The molecular formula is C24H33NaO2. The van der Waals surface area contributed by atoms with E-state index in [4.69, 9.17) is 5.11 Å². The first-order valence-electron chi connectivity index (χ1n) is 9.71. The van der Waals surface area contributed by atoms with Crippen LogP contribution in [-0.4, -0.2) is 11.1 Å². The molecule has 0 spiro atoms. The second-order valence-electron chi connectivity index (χ2n) is 9.84. The Balaban J connectivity index is 0.00000196. The normalized spacial score (nSPS) is 28.4. The van der Waals surface area contributed by atoms with Crippen LogP contribution in [0.2, 0.25) is 0 Å². The smallest absolute Gasteiger partial charge is 1.00 e. The molecular weight excluding hydrogens is 343 g/mol. The Labute approximate surface area is 187 Å². The summed E-state index contributed by atoms with van der Waals surface area (Å²) in [5.74, 6) is -0.400. The van der Waals surface area contributed by atoms with Gasteiger partial charge in [0.25, 0.3) is 0 Å². The summed E-state index contributed by atoms with van der Waals surface area (Å²) in [6.45, 7) is 13.6. The molecule has 0 unspecified atom stereocenters. The number of aliphatic carboxylic acids is 1. The topological polar surface area (TPSA) is 37.3 Å². The zero-order chi connectivity index (χ0) is 19.3. The average molecular weight is 377 g/mol. The third-order valence-electron chi connectivity index (χ3n) is 6.76. The van der Waals surface area contributed by atoms with Crippen molar-refractivity contribution in [2.45, 2.75) is 77.0 Å². The number of carboxylic acid groups (broad SMARTS) is 1. The van der Waals surface area contributed by atoms with Crippen molar-refractivity contribution in [3.8, 4) is 0 Å². The Bertz CT molecular complexity index is 807. The third-order valence-corrected chi connectivity index (χ3v) is 6.76. The van der Waals surface area contributed by atoms with Gasteiger partial charge in [0.15, 0.2) is 0 Å². The van der Waals surface area contributed by atoms with Gasteiger partial charge in [-0.15, -0.1) is 0 Å². The van der Waals surface area contributed by atoms with E-state index < -0.39 is 5.97 Å². The van der Waals surface area contributed by atoms with Crippen LogP contribution < -0.4 is 29.6 Å². The van der Waals surface area contributed by atoms with Crippen molar-refractivity contribution in [1.82, 2.24) is 0 Å². The molecule has 0 amide bonds. The van der Waals surface area contributed by atoms with Crippen LogP contribution in [0.25, 0.3) is 0 Å². The van der Waals surface area contributed by atoms with Crippen LogP contribution in [0.1, 0.15) is 78.9 Å². The molecule has 0 radical (unpaired) electrons. The van der Waals surface area contributed by atoms with Gasteiger partial charge in [0.2, 0.25) is 0 Å². The molecule has 142 valence electrons. The van der Waals surface area contributed by atoms with E-state index in [0.29, 0.717) is 5.92 Å². The van der Waals surface area contributed by atoms with Crippen LogP contribution >= 0.6 is 0 Å². The summed E-state index contributed by atoms with van der Waals surface area (Å²) in [6.07, 6.45) is 9.00. The Kier molecular flexibility index (Phi) is 6.27. The first-order chi connectivity index (χ1) is 12.0. The maximum Gasteiger partial charge on any atom is 1.00 e. The molecule has 0 heterocycles. The van der Waals surface area contributed by atoms with Crippen molar-refractivity contribution in [2.75, 3.05) is 0 Å². The van der Waals surface area contributed by atoms with Crippen molar-refractivity contribution in [1.29, 1.82) is 0 Å². The van der Waals surface area contributed by atoms with Gasteiger partial charge in [-0.3, -0.25) is 0 Å². The zero-order valence-electron chi connectivity index (χ0n) is 19.0. The Morgan fingerprint density at radius 3 is 2.30 bits per heavy atom. The van der Waals surface area contributed by atoms with Gasteiger partial charge in [0, 0.05) is 6.08 Å². The van der Waals surface area contributed by atoms with Crippen LogP contribution in [0, 0.1) is 5.92 Å². The molecule has 0 saturated heterocycles. The van der Waals surface area contributed by atoms with Crippen LogP contribution in [0.4, 0.5) is 0 Å². The summed E-state index contributed by atoms with van der Waals surface area (Å²) in [4.78, 5) is 10.8. The van der Waals surface area contributed by atoms with Crippen molar-refractivity contribution < 1.29 is 40.9 Å². The van der Waals surface area contributed by atoms with E-state index in [1.54, 1.807) is 0 Å². The number of hydrogen-bond donors (Lipinski definition) is 1. The van der Waals surface area contributed by atoms with E-state index in [2.05, 4.69) is 58.9 Å². The van der Waals surface area contributed by atoms with Gasteiger partial charge in [0.05, 0.1) is 0 Å². The number of allylic oxidation sites excluding steroid dienone is 3. The Morgan fingerprint density at radius 2 is 1.70 bits per heavy atom.